The summed E-state index contributed by atoms with van der Waals surface area (Å²) >= 11 is 0. The fraction of sp³-hybridized carbons (Fsp3) is 0.273. The lowest BCUT2D eigenvalue weighted by molar-refractivity contribution is 0.255. The van der Waals surface area contributed by atoms with E-state index in [9.17, 15) is 5.11 Å². The summed E-state index contributed by atoms with van der Waals surface area (Å²) in [5.41, 5.74) is 2.07. The zero-order valence-electron chi connectivity index (χ0n) is 6.90. The summed E-state index contributed by atoms with van der Waals surface area (Å²) in [4.78, 5) is 0. The van der Waals surface area contributed by atoms with Crippen molar-refractivity contribution >= 4 is 0 Å². The molecule has 0 heterocycles. The first-order valence-electron chi connectivity index (χ1n) is 4.29. The second kappa shape index (κ2) is 3.11. The molecule has 0 aromatic rings. The molecule has 1 N–H and O–H groups in total. The van der Waals surface area contributed by atoms with Gasteiger partial charge in [0.1, 0.15) is 6.10 Å². The van der Waals surface area contributed by atoms with E-state index in [0.29, 0.717) is 0 Å². The van der Waals surface area contributed by atoms with Gasteiger partial charge in [0.05, 0.1) is 0 Å². The normalized spacial score (nSPS) is 20.5. The number of aliphatic hydroxyl groups is 1. The van der Waals surface area contributed by atoms with Crippen molar-refractivity contribution in [2.75, 3.05) is 0 Å². The van der Waals surface area contributed by atoms with Gasteiger partial charge in [0, 0.05) is 0 Å². The van der Waals surface area contributed by atoms with Crippen molar-refractivity contribution in [2.24, 2.45) is 0 Å². The minimum atomic E-state index is -0.400. The molecule has 0 aromatic heterocycles. The van der Waals surface area contributed by atoms with Gasteiger partial charge >= 0.3 is 0 Å². The van der Waals surface area contributed by atoms with Crippen LogP contribution in [0.25, 0.3) is 0 Å². The summed E-state index contributed by atoms with van der Waals surface area (Å²) < 4.78 is 0. The Morgan fingerprint density at radius 2 is 1.50 bits per heavy atom. The Morgan fingerprint density at radius 3 is 1.83 bits per heavy atom. The van der Waals surface area contributed by atoms with Crippen LogP contribution < -0.4 is 0 Å². The second-order valence-corrected chi connectivity index (χ2v) is 3.09. The maximum absolute atomic E-state index is 9.81. The van der Waals surface area contributed by atoms with Gasteiger partial charge in [0.15, 0.2) is 0 Å². The van der Waals surface area contributed by atoms with E-state index in [2.05, 4.69) is 24.3 Å². The average Bonchev–Trinajstić information content (AvgIpc) is 2.77. The summed E-state index contributed by atoms with van der Waals surface area (Å²) in [6.07, 6.45) is 13.8. The third-order valence-corrected chi connectivity index (χ3v) is 2.23. The number of hydrogen-bond acceptors (Lipinski definition) is 1. The molecule has 12 heavy (non-hydrogen) atoms. The topological polar surface area (TPSA) is 20.2 Å². The lowest BCUT2D eigenvalue weighted by Gasteiger charge is -2.09. The monoisotopic (exact) mass is 160 g/mol. The lowest BCUT2D eigenvalue weighted by Crippen LogP contribution is -2.09. The second-order valence-electron chi connectivity index (χ2n) is 3.09. The van der Waals surface area contributed by atoms with E-state index in [1.165, 1.54) is 0 Å². The Morgan fingerprint density at radius 1 is 1.00 bits per heavy atom. The molecule has 1 heteroatoms. The van der Waals surface area contributed by atoms with Gasteiger partial charge in [0.2, 0.25) is 0 Å². The molecule has 0 aliphatic heterocycles. The molecule has 0 atom stereocenters. The molecular weight excluding hydrogens is 148 g/mol. The van der Waals surface area contributed by atoms with Crippen LogP contribution in [0.5, 0.6) is 0 Å². The van der Waals surface area contributed by atoms with Gasteiger partial charge in [-0.3, -0.25) is 0 Å². The van der Waals surface area contributed by atoms with Crippen LogP contribution in [0.1, 0.15) is 12.8 Å². The van der Waals surface area contributed by atoms with E-state index in [4.69, 9.17) is 0 Å². The van der Waals surface area contributed by atoms with Crippen LogP contribution in [0.3, 0.4) is 0 Å². The Kier molecular flexibility index (Phi) is 1.96. The lowest BCUT2D eigenvalue weighted by atomic mass is 10.0. The molecule has 0 saturated heterocycles. The van der Waals surface area contributed by atoms with Crippen molar-refractivity contribution in [2.45, 2.75) is 18.9 Å². The van der Waals surface area contributed by atoms with Crippen LogP contribution >= 0.6 is 0 Å². The molecule has 0 amide bonds. The van der Waals surface area contributed by atoms with Crippen LogP contribution in [0.15, 0.2) is 47.6 Å². The van der Waals surface area contributed by atoms with Crippen molar-refractivity contribution in [1.82, 2.24) is 0 Å². The maximum atomic E-state index is 9.81. The predicted octanol–water partition coefficient (Wildman–Crippen LogP) is 2.12. The Bertz CT molecular complexity index is 262. The maximum Gasteiger partial charge on any atom is 0.103 e. The number of aliphatic hydroxyl groups excluding tert-OH is 1. The average molecular weight is 160 g/mol. The number of hydrogen-bond donors (Lipinski definition) is 1. The highest BCUT2D eigenvalue weighted by molar-refractivity contribution is 5.42. The highest BCUT2D eigenvalue weighted by Gasteiger charge is 2.14. The summed E-state index contributed by atoms with van der Waals surface area (Å²) in [6, 6.07) is 0. The van der Waals surface area contributed by atoms with Gasteiger partial charge in [0.25, 0.3) is 0 Å². The number of allylic oxidation sites excluding steroid dienone is 4. The standard InChI is InChI=1S/C11H12O/c12-11(9-5-1-2-6-9)10-7-3-4-8-10/h1,3,5-8,11-12H,2,4H2. The molecular formula is C11H12O. The molecule has 0 radical (unpaired) electrons. The quantitative estimate of drug-likeness (QED) is 0.656. The van der Waals surface area contributed by atoms with Crippen molar-refractivity contribution < 1.29 is 5.11 Å². The smallest absolute Gasteiger partial charge is 0.103 e. The Labute approximate surface area is 72.4 Å². The summed E-state index contributed by atoms with van der Waals surface area (Å²) in [5, 5.41) is 9.81. The van der Waals surface area contributed by atoms with Gasteiger partial charge in [-0.25, -0.2) is 0 Å². The predicted molar refractivity (Wildman–Crippen MR) is 49.7 cm³/mol. The van der Waals surface area contributed by atoms with Gasteiger partial charge in [-0.1, -0.05) is 36.5 Å². The molecule has 0 saturated carbocycles. The molecule has 0 spiro atoms. The Hall–Kier alpha value is -1.08. The first-order chi connectivity index (χ1) is 5.88. The largest absolute Gasteiger partial charge is 0.384 e. The summed E-state index contributed by atoms with van der Waals surface area (Å²) in [5.74, 6) is 0. The molecule has 2 aliphatic carbocycles. The van der Waals surface area contributed by atoms with E-state index >= 15 is 0 Å². The molecule has 1 nitrogen and oxygen atoms in total. The minimum absolute atomic E-state index is 0.400. The van der Waals surface area contributed by atoms with Crippen LogP contribution in [-0.4, -0.2) is 11.2 Å². The van der Waals surface area contributed by atoms with Gasteiger partial charge in [-0.15, -0.1) is 0 Å². The van der Waals surface area contributed by atoms with Crippen molar-refractivity contribution in [3.05, 3.63) is 47.6 Å². The number of rotatable bonds is 2. The Balaban J connectivity index is 2.13. The molecule has 0 aromatic carbocycles. The van der Waals surface area contributed by atoms with Crippen LogP contribution in [0, 0.1) is 0 Å². The van der Waals surface area contributed by atoms with Gasteiger partial charge < -0.3 is 5.11 Å². The van der Waals surface area contributed by atoms with E-state index in [1.54, 1.807) is 0 Å². The molecule has 0 unspecified atom stereocenters. The molecule has 0 bridgehead atoms. The minimum Gasteiger partial charge on any atom is -0.384 e. The zero-order chi connectivity index (χ0) is 8.39. The van der Waals surface area contributed by atoms with Crippen molar-refractivity contribution in [3.63, 3.8) is 0 Å². The van der Waals surface area contributed by atoms with Crippen LogP contribution in [-0.2, 0) is 0 Å². The molecule has 62 valence electrons. The third-order valence-electron chi connectivity index (χ3n) is 2.23. The van der Waals surface area contributed by atoms with Crippen LogP contribution in [0.2, 0.25) is 0 Å². The highest BCUT2D eigenvalue weighted by atomic mass is 16.3. The van der Waals surface area contributed by atoms with E-state index in [0.717, 1.165) is 24.0 Å². The van der Waals surface area contributed by atoms with Gasteiger partial charge in [-0.05, 0) is 24.0 Å². The molecule has 2 rings (SSSR count). The summed E-state index contributed by atoms with van der Waals surface area (Å²) in [6.45, 7) is 0. The molecule has 2 aliphatic rings. The highest BCUT2D eigenvalue weighted by Crippen LogP contribution is 2.22. The third kappa shape index (κ3) is 1.28. The van der Waals surface area contributed by atoms with E-state index < -0.39 is 6.10 Å². The van der Waals surface area contributed by atoms with Crippen molar-refractivity contribution in [1.29, 1.82) is 0 Å². The first-order valence-corrected chi connectivity index (χ1v) is 4.29. The van der Waals surface area contributed by atoms with Crippen molar-refractivity contribution in [3.8, 4) is 0 Å². The first kappa shape index (κ1) is 7.56. The zero-order valence-corrected chi connectivity index (χ0v) is 6.90. The molecule has 0 fully saturated rings. The fourth-order valence-corrected chi connectivity index (χ4v) is 1.55. The van der Waals surface area contributed by atoms with E-state index in [-0.39, 0.29) is 0 Å². The van der Waals surface area contributed by atoms with Crippen LogP contribution in [0.4, 0.5) is 0 Å². The SMILES string of the molecule is OC(C1=CCC=C1)C1=CCC=C1. The van der Waals surface area contributed by atoms with E-state index in [1.807, 2.05) is 12.2 Å². The van der Waals surface area contributed by atoms with Gasteiger partial charge in [-0.2, -0.15) is 0 Å². The summed E-state index contributed by atoms with van der Waals surface area (Å²) in [7, 11) is 0. The fourth-order valence-electron chi connectivity index (χ4n) is 1.55.